The average molecular weight is 417 g/mol. The minimum atomic E-state index is -0.511. The molecule has 1 aromatic carbocycles. The van der Waals surface area contributed by atoms with E-state index >= 15 is 0 Å². The van der Waals surface area contributed by atoms with Gasteiger partial charge in [-0.25, -0.2) is 0 Å². The van der Waals surface area contributed by atoms with Gasteiger partial charge in [-0.2, -0.15) is 0 Å². The molecule has 0 saturated carbocycles. The highest BCUT2D eigenvalue weighted by atomic mass is 32.1. The maximum Gasteiger partial charge on any atom is 0.270 e. The van der Waals surface area contributed by atoms with Gasteiger partial charge in [0.2, 0.25) is 5.91 Å². The van der Waals surface area contributed by atoms with Crippen molar-refractivity contribution < 1.29 is 14.5 Å². The molecule has 0 spiro atoms. The summed E-state index contributed by atoms with van der Waals surface area (Å²) in [6.45, 7) is 1.86. The number of hydrogen-bond acceptors (Lipinski definition) is 6. The van der Waals surface area contributed by atoms with Crippen molar-refractivity contribution in [1.82, 2.24) is 10.6 Å². The van der Waals surface area contributed by atoms with Crippen LogP contribution in [0.3, 0.4) is 0 Å². The number of hydrogen-bond donors (Lipinski definition) is 2. The zero-order valence-electron chi connectivity index (χ0n) is 16.2. The molecular weight excluding hydrogens is 392 g/mol. The second-order valence-electron chi connectivity index (χ2n) is 6.92. The van der Waals surface area contributed by atoms with Gasteiger partial charge in [-0.15, -0.1) is 11.3 Å². The quantitative estimate of drug-likeness (QED) is 0.533. The van der Waals surface area contributed by atoms with E-state index in [4.69, 9.17) is 0 Å². The summed E-state index contributed by atoms with van der Waals surface area (Å²) < 4.78 is 0. The number of anilines is 1. The van der Waals surface area contributed by atoms with Crippen LogP contribution in [0.4, 0.5) is 11.4 Å². The Kier molecular flexibility index (Phi) is 6.82. The number of carbonyl (C=O) groups is 2. The van der Waals surface area contributed by atoms with Crippen molar-refractivity contribution >= 4 is 34.5 Å². The number of thiophene rings is 1. The second kappa shape index (κ2) is 9.51. The molecule has 2 heterocycles. The number of benzene rings is 1. The second-order valence-corrected chi connectivity index (χ2v) is 7.95. The molecule has 0 radical (unpaired) electrons. The monoisotopic (exact) mass is 416 g/mol. The maximum absolute atomic E-state index is 12.4. The minimum absolute atomic E-state index is 0.0592. The zero-order chi connectivity index (χ0) is 20.8. The molecule has 3 rings (SSSR count). The normalized spacial score (nSPS) is 14.4. The van der Waals surface area contributed by atoms with E-state index in [1.807, 2.05) is 16.3 Å². The molecule has 2 N–H and O–H groups in total. The molecule has 1 aromatic heterocycles. The first-order chi connectivity index (χ1) is 14.0. The third-order valence-corrected chi connectivity index (χ3v) is 6.06. The molecule has 1 aliphatic rings. The summed E-state index contributed by atoms with van der Waals surface area (Å²) in [4.78, 5) is 38.5. The van der Waals surface area contributed by atoms with Crippen molar-refractivity contribution in [1.29, 1.82) is 0 Å². The fraction of sp³-hybridized carbons (Fsp3) is 0.400. The molecule has 1 fully saturated rings. The van der Waals surface area contributed by atoms with E-state index in [1.54, 1.807) is 17.4 Å². The Morgan fingerprint density at radius 2 is 2.03 bits per heavy atom. The first-order valence-corrected chi connectivity index (χ1v) is 10.4. The Balaban J connectivity index is 1.59. The van der Waals surface area contributed by atoms with E-state index in [9.17, 15) is 19.7 Å². The molecule has 1 saturated heterocycles. The van der Waals surface area contributed by atoms with E-state index in [0.717, 1.165) is 6.42 Å². The highest BCUT2D eigenvalue weighted by Gasteiger charge is 2.27. The van der Waals surface area contributed by atoms with Crippen LogP contribution in [0.2, 0.25) is 0 Å². The summed E-state index contributed by atoms with van der Waals surface area (Å²) >= 11 is 1.68. The molecule has 0 atom stereocenters. The van der Waals surface area contributed by atoms with Gasteiger partial charge in [0.1, 0.15) is 0 Å². The minimum Gasteiger partial charge on any atom is -0.371 e. The lowest BCUT2D eigenvalue weighted by atomic mass is 9.94. The van der Waals surface area contributed by atoms with Gasteiger partial charge in [0.05, 0.1) is 16.2 Å². The molecule has 2 aromatic rings. The van der Waals surface area contributed by atoms with Crippen molar-refractivity contribution in [2.24, 2.45) is 5.92 Å². The Bertz CT molecular complexity index is 877. The van der Waals surface area contributed by atoms with Gasteiger partial charge in [-0.1, -0.05) is 6.07 Å². The maximum atomic E-state index is 12.4. The molecule has 2 amide bonds. The number of nitrogens with zero attached hydrogens (tertiary/aromatic N) is 2. The SMILES string of the molecule is CNC(=O)c1cc([N+](=O)[O-])ccc1N1CCC(C(=O)NCCc2cccs2)CC1. The molecule has 0 bridgehead atoms. The van der Waals surface area contributed by atoms with Gasteiger partial charge in [0.15, 0.2) is 0 Å². The fourth-order valence-corrected chi connectivity index (χ4v) is 4.23. The van der Waals surface area contributed by atoms with Crippen LogP contribution in [0.5, 0.6) is 0 Å². The van der Waals surface area contributed by atoms with E-state index in [0.29, 0.717) is 38.2 Å². The van der Waals surface area contributed by atoms with E-state index in [-0.39, 0.29) is 29.0 Å². The van der Waals surface area contributed by atoms with Gasteiger partial charge in [-0.3, -0.25) is 19.7 Å². The van der Waals surface area contributed by atoms with Crippen LogP contribution in [-0.2, 0) is 11.2 Å². The lowest BCUT2D eigenvalue weighted by Gasteiger charge is -2.34. The standard InChI is InChI=1S/C20H24N4O4S/c1-21-20(26)17-13-15(24(27)28)4-5-18(17)23-10-7-14(8-11-23)19(25)22-9-6-16-3-2-12-29-16/h2-5,12-14H,6-11H2,1H3,(H,21,26)(H,22,25). The summed E-state index contributed by atoms with van der Waals surface area (Å²) in [6, 6.07) is 8.39. The number of non-ortho nitro benzene ring substituents is 1. The molecule has 29 heavy (non-hydrogen) atoms. The first-order valence-electron chi connectivity index (χ1n) is 9.55. The summed E-state index contributed by atoms with van der Waals surface area (Å²) in [7, 11) is 1.50. The number of nitrogens with one attached hydrogen (secondary N) is 2. The van der Waals surface area contributed by atoms with Gasteiger partial charge in [-0.05, 0) is 36.8 Å². The topological polar surface area (TPSA) is 105 Å². The van der Waals surface area contributed by atoms with Gasteiger partial charge in [0, 0.05) is 49.6 Å². The Morgan fingerprint density at radius 3 is 2.66 bits per heavy atom. The third-order valence-electron chi connectivity index (χ3n) is 5.12. The van der Waals surface area contributed by atoms with Crippen molar-refractivity contribution in [2.45, 2.75) is 19.3 Å². The van der Waals surface area contributed by atoms with Crippen LogP contribution in [0.1, 0.15) is 28.1 Å². The van der Waals surface area contributed by atoms with Gasteiger partial charge >= 0.3 is 0 Å². The molecular formula is C20H24N4O4S. The van der Waals surface area contributed by atoms with Crippen molar-refractivity contribution in [3.8, 4) is 0 Å². The lowest BCUT2D eigenvalue weighted by molar-refractivity contribution is -0.384. The number of amides is 2. The predicted octanol–water partition coefficient (Wildman–Crippen LogP) is 2.59. The average Bonchev–Trinajstić information content (AvgIpc) is 3.26. The van der Waals surface area contributed by atoms with Gasteiger partial charge in [0.25, 0.3) is 11.6 Å². The number of carbonyl (C=O) groups excluding carboxylic acids is 2. The van der Waals surface area contributed by atoms with Crippen LogP contribution in [0, 0.1) is 16.0 Å². The summed E-state index contributed by atoms with van der Waals surface area (Å²) in [5.74, 6) is -0.357. The summed E-state index contributed by atoms with van der Waals surface area (Å²) in [6.07, 6.45) is 2.19. The largest absolute Gasteiger partial charge is 0.371 e. The smallest absolute Gasteiger partial charge is 0.270 e. The van der Waals surface area contributed by atoms with E-state index in [2.05, 4.69) is 16.7 Å². The van der Waals surface area contributed by atoms with Crippen LogP contribution in [-0.4, -0.2) is 43.4 Å². The number of piperidine rings is 1. The number of rotatable bonds is 7. The summed E-state index contributed by atoms with van der Waals surface area (Å²) in [5, 5.41) is 18.6. The van der Waals surface area contributed by atoms with Gasteiger partial charge < -0.3 is 15.5 Å². The Labute approximate surface area is 173 Å². The van der Waals surface area contributed by atoms with E-state index in [1.165, 1.54) is 24.1 Å². The lowest BCUT2D eigenvalue weighted by Crippen LogP contribution is -2.41. The summed E-state index contributed by atoms with van der Waals surface area (Å²) in [5.41, 5.74) is 0.819. The molecule has 0 unspecified atom stereocenters. The fourth-order valence-electron chi connectivity index (χ4n) is 3.52. The van der Waals surface area contributed by atoms with E-state index < -0.39 is 4.92 Å². The van der Waals surface area contributed by atoms with Crippen molar-refractivity contribution in [2.75, 3.05) is 31.6 Å². The van der Waals surface area contributed by atoms with Crippen LogP contribution in [0.25, 0.3) is 0 Å². The highest BCUT2D eigenvalue weighted by Crippen LogP contribution is 2.29. The van der Waals surface area contributed by atoms with Crippen LogP contribution in [0.15, 0.2) is 35.7 Å². The highest BCUT2D eigenvalue weighted by molar-refractivity contribution is 7.09. The van der Waals surface area contributed by atoms with Crippen LogP contribution < -0.4 is 15.5 Å². The Morgan fingerprint density at radius 1 is 1.28 bits per heavy atom. The third kappa shape index (κ3) is 5.11. The van der Waals surface area contributed by atoms with Crippen molar-refractivity contribution in [3.05, 3.63) is 56.3 Å². The molecule has 154 valence electrons. The van der Waals surface area contributed by atoms with Crippen molar-refractivity contribution in [3.63, 3.8) is 0 Å². The zero-order valence-corrected chi connectivity index (χ0v) is 17.0. The molecule has 9 heteroatoms. The number of nitro benzene ring substituents is 1. The Hall–Kier alpha value is -2.94. The molecule has 1 aliphatic heterocycles. The predicted molar refractivity (Wildman–Crippen MR) is 112 cm³/mol. The molecule has 0 aliphatic carbocycles. The molecule has 8 nitrogen and oxygen atoms in total. The van der Waals surface area contributed by atoms with Crippen LogP contribution >= 0.6 is 11.3 Å². The first kappa shape index (κ1) is 20.8. The number of nitro groups is 1.